The normalized spacial score (nSPS) is 25.1. The fourth-order valence-corrected chi connectivity index (χ4v) is 1.94. The van der Waals surface area contributed by atoms with E-state index in [1.54, 1.807) is 0 Å². The third-order valence-corrected chi connectivity index (χ3v) is 2.73. The SMILES string of the molecule is CC/C=C\C=C(/C)CN1CC[C@@H](C)C1. The first-order valence-electron chi connectivity index (χ1n) is 5.77. The number of allylic oxidation sites excluding steroid dienone is 3. The predicted molar refractivity (Wildman–Crippen MR) is 63.4 cm³/mol. The molecule has 0 aromatic rings. The summed E-state index contributed by atoms with van der Waals surface area (Å²) in [6.07, 6.45) is 9.13. The van der Waals surface area contributed by atoms with Crippen molar-refractivity contribution >= 4 is 0 Å². The number of rotatable bonds is 4. The Labute approximate surface area is 88.5 Å². The van der Waals surface area contributed by atoms with Crippen LogP contribution in [0.15, 0.2) is 23.8 Å². The van der Waals surface area contributed by atoms with Crippen molar-refractivity contribution < 1.29 is 0 Å². The van der Waals surface area contributed by atoms with Crippen LogP contribution in [0, 0.1) is 5.92 Å². The zero-order valence-corrected chi connectivity index (χ0v) is 9.79. The quantitative estimate of drug-likeness (QED) is 0.620. The highest BCUT2D eigenvalue weighted by Crippen LogP contribution is 2.15. The molecule has 0 amide bonds. The second kappa shape index (κ2) is 6.02. The summed E-state index contributed by atoms with van der Waals surface area (Å²) in [5.74, 6) is 0.897. The monoisotopic (exact) mass is 193 g/mol. The third kappa shape index (κ3) is 4.10. The van der Waals surface area contributed by atoms with Crippen molar-refractivity contribution in [2.45, 2.75) is 33.6 Å². The lowest BCUT2D eigenvalue weighted by atomic mass is 10.2. The number of nitrogens with zero attached hydrogens (tertiary/aromatic N) is 1. The van der Waals surface area contributed by atoms with E-state index < -0.39 is 0 Å². The second-order valence-electron chi connectivity index (χ2n) is 4.48. The van der Waals surface area contributed by atoms with E-state index in [1.807, 2.05) is 0 Å². The molecule has 1 fully saturated rings. The van der Waals surface area contributed by atoms with Crippen LogP contribution < -0.4 is 0 Å². The maximum Gasteiger partial charge on any atom is 0.0193 e. The first-order valence-corrected chi connectivity index (χ1v) is 5.77. The van der Waals surface area contributed by atoms with Crippen LogP contribution in [0.3, 0.4) is 0 Å². The molecule has 0 aliphatic carbocycles. The Hall–Kier alpha value is -0.560. The van der Waals surface area contributed by atoms with Gasteiger partial charge in [-0.1, -0.05) is 37.6 Å². The summed E-state index contributed by atoms with van der Waals surface area (Å²) >= 11 is 0. The molecule has 0 aromatic carbocycles. The molecular weight excluding hydrogens is 170 g/mol. The zero-order chi connectivity index (χ0) is 10.4. The molecule has 0 spiro atoms. The van der Waals surface area contributed by atoms with Crippen molar-refractivity contribution in [3.05, 3.63) is 23.8 Å². The average molecular weight is 193 g/mol. The van der Waals surface area contributed by atoms with E-state index in [0.717, 1.165) is 18.9 Å². The summed E-state index contributed by atoms with van der Waals surface area (Å²) in [5.41, 5.74) is 1.48. The first kappa shape index (κ1) is 11.5. The molecule has 0 saturated carbocycles. The molecular formula is C13H23N. The number of hydrogen-bond donors (Lipinski definition) is 0. The van der Waals surface area contributed by atoms with E-state index in [-0.39, 0.29) is 0 Å². The topological polar surface area (TPSA) is 3.24 Å². The van der Waals surface area contributed by atoms with Gasteiger partial charge in [0.1, 0.15) is 0 Å². The highest BCUT2D eigenvalue weighted by molar-refractivity contribution is 5.12. The zero-order valence-electron chi connectivity index (χ0n) is 9.79. The van der Waals surface area contributed by atoms with Crippen molar-refractivity contribution in [2.75, 3.05) is 19.6 Å². The van der Waals surface area contributed by atoms with Gasteiger partial charge in [-0.3, -0.25) is 4.90 Å². The maximum atomic E-state index is 2.55. The van der Waals surface area contributed by atoms with E-state index >= 15 is 0 Å². The van der Waals surface area contributed by atoms with Gasteiger partial charge in [-0.2, -0.15) is 0 Å². The van der Waals surface area contributed by atoms with Gasteiger partial charge < -0.3 is 0 Å². The fraction of sp³-hybridized carbons (Fsp3) is 0.692. The molecule has 0 bridgehead atoms. The molecule has 0 aromatic heterocycles. The van der Waals surface area contributed by atoms with Gasteiger partial charge in [0.2, 0.25) is 0 Å². The van der Waals surface area contributed by atoms with Crippen LogP contribution in [0.2, 0.25) is 0 Å². The van der Waals surface area contributed by atoms with Crippen LogP contribution in [0.1, 0.15) is 33.6 Å². The van der Waals surface area contributed by atoms with Gasteiger partial charge in [0.05, 0.1) is 0 Å². The fourth-order valence-electron chi connectivity index (χ4n) is 1.94. The van der Waals surface area contributed by atoms with Crippen LogP contribution >= 0.6 is 0 Å². The molecule has 1 heteroatoms. The van der Waals surface area contributed by atoms with Crippen molar-refractivity contribution in [1.29, 1.82) is 0 Å². The molecule has 1 aliphatic heterocycles. The van der Waals surface area contributed by atoms with E-state index in [4.69, 9.17) is 0 Å². The van der Waals surface area contributed by atoms with Crippen LogP contribution in [0.25, 0.3) is 0 Å². The number of hydrogen-bond acceptors (Lipinski definition) is 1. The Balaban J connectivity index is 2.29. The lowest BCUT2D eigenvalue weighted by Gasteiger charge is -2.14. The Morgan fingerprint density at radius 3 is 2.86 bits per heavy atom. The van der Waals surface area contributed by atoms with Crippen molar-refractivity contribution in [3.63, 3.8) is 0 Å². The summed E-state index contributed by atoms with van der Waals surface area (Å²) in [7, 11) is 0. The summed E-state index contributed by atoms with van der Waals surface area (Å²) in [6.45, 7) is 10.5. The van der Waals surface area contributed by atoms with E-state index in [0.29, 0.717) is 0 Å². The Bertz CT molecular complexity index is 215. The lowest BCUT2D eigenvalue weighted by Crippen LogP contribution is -2.22. The minimum atomic E-state index is 0.897. The highest BCUT2D eigenvalue weighted by atomic mass is 15.1. The Morgan fingerprint density at radius 1 is 1.50 bits per heavy atom. The summed E-state index contributed by atoms with van der Waals surface area (Å²) in [4.78, 5) is 2.55. The minimum Gasteiger partial charge on any atom is -0.299 e. The van der Waals surface area contributed by atoms with Gasteiger partial charge in [0.15, 0.2) is 0 Å². The van der Waals surface area contributed by atoms with Crippen molar-refractivity contribution in [3.8, 4) is 0 Å². The Morgan fingerprint density at radius 2 is 2.29 bits per heavy atom. The summed E-state index contributed by atoms with van der Waals surface area (Å²) in [5, 5.41) is 0. The molecule has 0 unspecified atom stereocenters. The molecule has 1 aliphatic rings. The first-order chi connectivity index (χ1) is 6.72. The van der Waals surface area contributed by atoms with Gasteiger partial charge in [-0.05, 0) is 32.2 Å². The van der Waals surface area contributed by atoms with Gasteiger partial charge >= 0.3 is 0 Å². The molecule has 0 N–H and O–H groups in total. The molecule has 80 valence electrons. The van der Waals surface area contributed by atoms with Gasteiger partial charge in [0.25, 0.3) is 0 Å². The second-order valence-corrected chi connectivity index (χ2v) is 4.48. The van der Waals surface area contributed by atoms with Gasteiger partial charge in [-0.15, -0.1) is 0 Å². The minimum absolute atomic E-state index is 0.897. The molecule has 1 rings (SSSR count). The average Bonchev–Trinajstić information content (AvgIpc) is 2.52. The standard InChI is InChI=1S/C13H23N/c1-4-5-6-7-12(2)10-14-9-8-13(3)11-14/h5-7,13H,4,8-11H2,1-3H3/b6-5-,12-7+/t13-/m1/s1. The summed E-state index contributed by atoms with van der Waals surface area (Å²) < 4.78 is 0. The molecule has 14 heavy (non-hydrogen) atoms. The van der Waals surface area contributed by atoms with E-state index in [9.17, 15) is 0 Å². The van der Waals surface area contributed by atoms with Crippen molar-refractivity contribution in [1.82, 2.24) is 4.90 Å². The van der Waals surface area contributed by atoms with Crippen LogP contribution in [-0.2, 0) is 0 Å². The largest absolute Gasteiger partial charge is 0.299 e. The van der Waals surface area contributed by atoms with Gasteiger partial charge in [-0.25, -0.2) is 0 Å². The van der Waals surface area contributed by atoms with Crippen LogP contribution in [0.5, 0.6) is 0 Å². The van der Waals surface area contributed by atoms with Gasteiger partial charge in [0, 0.05) is 13.1 Å². The lowest BCUT2D eigenvalue weighted by molar-refractivity contribution is 0.356. The Kier molecular flexibility index (Phi) is 4.95. The third-order valence-electron chi connectivity index (χ3n) is 2.73. The molecule has 1 saturated heterocycles. The van der Waals surface area contributed by atoms with E-state index in [2.05, 4.69) is 43.9 Å². The molecule has 1 atom stereocenters. The van der Waals surface area contributed by atoms with Crippen LogP contribution in [-0.4, -0.2) is 24.5 Å². The van der Waals surface area contributed by atoms with Crippen LogP contribution in [0.4, 0.5) is 0 Å². The molecule has 0 radical (unpaired) electrons. The van der Waals surface area contributed by atoms with Crippen molar-refractivity contribution in [2.24, 2.45) is 5.92 Å². The van der Waals surface area contributed by atoms with E-state index in [1.165, 1.54) is 25.1 Å². The smallest absolute Gasteiger partial charge is 0.0193 e. The number of likely N-dealkylation sites (tertiary alicyclic amines) is 1. The molecule has 1 heterocycles. The predicted octanol–water partition coefficient (Wildman–Crippen LogP) is 3.24. The summed E-state index contributed by atoms with van der Waals surface area (Å²) in [6, 6.07) is 0. The highest BCUT2D eigenvalue weighted by Gasteiger charge is 2.17. The molecule has 1 nitrogen and oxygen atoms in total. The maximum absolute atomic E-state index is 2.55.